The Morgan fingerprint density at radius 1 is 1.50 bits per heavy atom. The fraction of sp³-hybridized carbons (Fsp3) is 0.600. The van der Waals surface area contributed by atoms with Crippen molar-refractivity contribution in [3.63, 3.8) is 0 Å². The number of carbonyl (C=O) groups excluding carboxylic acids is 2. The number of aliphatic hydroxyl groups is 1. The third-order valence-electron chi connectivity index (χ3n) is 2.98. The maximum absolute atomic E-state index is 11.7. The lowest BCUT2D eigenvalue weighted by molar-refractivity contribution is -0.140. The SMILES string of the molecule is CCN1C(=O)[C@@H]2[C@H](O)C=CC[C@@H]2C1=O. The van der Waals surface area contributed by atoms with E-state index in [9.17, 15) is 14.7 Å². The molecule has 2 aliphatic rings. The first kappa shape index (κ1) is 9.40. The van der Waals surface area contributed by atoms with Crippen LogP contribution < -0.4 is 0 Å². The summed E-state index contributed by atoms with van der Waals surface area (Å²) in [5.41, 5.74) is 0. The van der Waals surface area contributed by atoms with Crippen LogP contribution in [0.15, 0.2) is 12.2 Å². The van der Waals surface area contributed by atoms with Crippen molar-refractivity contribution in [3.05, 3.63) is 12.2 Å². The molecule has 1 aliphatic heterocycles. The van der Waals surface area contributed by atoms with Crippen LogP contribution in [-0.4, -0.2) is 34.5 Å². The Morgan fingerprint density at radius 3 is 2.79 bits per heavy atom. The molecular formula is C10H13NO3. The molecule has 2 rings (SSSR count). The van der Waals surface area contributed by atoms with Gasteiger partial charge in [0.2, 0.25) is 11.8 Å². The third kappa shape index (κ3) is 1.10. The lowest BCUT2D eigenvalue weighted by atomic mass is 9.83. The Balaban J connectivity index is 2.32. The molecule has 0 radical (unpaired) electrons. The minimum Gasteiger partial charge on any atom is -0.388 e. The molecule has 0 bridgehead atoms. The fourth-order valence-corrected chi connectivity index (χ4v) is 2.24. The van der Waals surface area contributed by atoms with Crippen molar-refractivity contribution in [2.75, 3.05) is 6.54 Å². The molecule has 2 amide bonds. The molecule has 14 heavy (non-hydrogen) atoms. The molecule has 0 aromatic heterocycles. The van der Waals surface area contributed by atoms with Crippen LogP contribution in [0.1, 0.15) is 13.3 Å². The number of likely N-dealkylation sites (tertiary alicyclic amines) is 1. The summed E-state index contributed by atoms with van der Waals surface area (Å²) in [6, 6.07) is 0. The van der Waals surface area contributed by atoms with Crippen LogP contribution in [0, 0.1) is 11.8 Å². The number of allylic oxidation sites excluding steroid dienone is 1. The van der Waals surface area contributed by atoms with Crippen molar-refractivity contribution < 1.29 is 14.7 Å². The second kappa shape index (κ2) is 3.20. The lowest BCUT2D eigenvalue weighted by Gasteiger charge is -2.21. The molecule has 4 nitrogen and oxygen atoms in total. The van der Waals surface area contributed by atoms with E-state index in [1.807, 2.05) is 0 Å². The van der Waals surface area contributed by atoms with Crippen molar-refractivity contribution in [2.45, 2.75) is 19.4 Å². The zero-order valence-electron chi connectivity index (χ0n) is 8.01. The van der Waals surface area contributed by atoms with Gasteiger partial charge in [-0.05, 0) is 13.3 Å². The molecule has 0 saturated carbocycles. The standard InChI is InChI=1S/C10H13NO3/c1-2-11-9(13)6-4-3-5-7(12)8(6)10(11)14/h3,5-8,12H,2,4H2,1H3/t6-,7+,8-/m0/s1. The molecule has 1 aliphatic carbocycles. The van der Waals surface area contributed by atoms with Gasteiger partial charge in [0.15, 0.2) is 0 Å². The predicted molar refractivity (Wildman–Crippen MR) is 49.1 cm³/mol. The average Bonchev–Trinajstić information content (AvgIpc) is 2.41. The van der Waals surface area contributed by atoms with Gasteiger partial charge in [0.05, 0.1) is 17.9 Å². The molecule has 1 saturated heterocycles. The first-order valence-corrected chi connectivity index (χ1v) is 4.86. The number of nitrogens with zero attached hydrogens (tertiary/aromatic N) is 1. The maximum Gasteiger partial charge on any atom is 0.236 e. The Morgan fingerprint density at radius 2 is 2.21 bits per heavy atom. The summed E-state index contributed by atoms with van der Waals surface area (Å²) < 4.78 is 0. The van der Waals surface area contributed by atoms with Gasteiger partial charge in [0, 0.05) is 6.54 Å². The van der Waals surface area contributed by atoms with Gasteiger partial charge in [-0.1, -0.05) is 12.2 Å². The predicted octanol–water partition coefficient (Wildman–Crippen LogP) is -0.0717. The van der Waals surface area contributed by atoms with Crippen LogP contribution in [0.3, 0.4) is 0 Å². The molecule has 1 heterocycles. The van der Waals surface area contributed by atoms with E-state index < -0.39 is 12.0 Å². The Bertz CT molecular complexity index is 310. The number of hydrogen-bond donors (Lipinski definition) is 1. The Hall–Kier alpha value is -1.16. The zero-order valence-corrected chi connectivity index (χ0v) is 8.01. The smallest absolute Gasteiger partial charge is 0.236 e. The largest absolute Gasteiger partial charge is 0.388 e. The monoisotopic (exact) mass is 195 g/mol. The van der Waals surface area contributed by atoms with Gasteiger partial charge >= 0.3 is 0 Å². The van der Waals surface area contributed by atoms with E-state index in [4.69, 9.17) is 0 Å². The first-order chi connectivity index (χ1) is 6.66. The number of carbonyl (C=O) groups is 2. The van der Waals surface area contributed by atoms with E-state index in [1.165, 1.54) is 4.90 Å². The van der Waals surface area contributed by atoms with Crippen LogP contribution in [0.5, 0.6) is 0 Å². The number of aliphatic hydroxyl groups excluding tert-OH is 1. The quantitative estimate of drug-likeness (QED) is 0.470. The molecule has 1 fully saturated rings. The van der Waals surface area contributed by atoms with Crippen LogP contribution >= 0.6 is 0 Å². The molecule has 76 valence electrons. The molecule has 0 aromatic carbocycles. The molecule has 0 aromatic rings. The highest BCUT2D eigenvalue weighted by atomic mass is 16.3. The van der Waals surface area contributed by atoms with Gasteiger partial charge in [-0.25, -0.2) is 0 Å². The minimum atomic E-state index is -0.790. The van der Waals surface area contributed by atoms with Gasteiger partial charge in [0.1, 0.15) is 0 Å². The summed E-state index contributed by atoms with van der Waals surface area (Å²) in [5.74, 6) is -1.22. The number of hydrogen-bond acceptors (Lipinski definition) is 3. The zero-order chi connectivity index (χ0) is 10.3. The van der Waals surface area contributed by atoms with Crippen LogP contribution in [0.2, 0.25) is 0 Å². The van der Waals surface area contributed by atoms with Crippen molar-refractivity contribution in [1.82, 2.24) is 4.90 Å². The summed E-state index contributed by atoms with van der Waals surface area (Å²) in [4.78, 5) is 24.6. The molecule has 3 atom stereocenters. The Labute approximate surface area is 82.2 Å². The van der Waals surface area contributed by atoms with Crippen LogP contribution in [0.4, 0.5) is 0 Å². The number of amides is 2. The third-order valence-corrected chi connectivity index (χ3v) is 2.98. The van der Waals surface area contributed by atoms with E-state index in [-0.39, 0.29) is 17.7 Å². The Kier molecular flexibility index (Phi) is 2.15. The fourth-order valence-electron chi connectivity index (χ4n) is 2.24. The minimum absolute atomic E-state index is 0.133. The average molecular weight is 195 g/mol. The van der Waals surface area contributed by atoms with Gasteiger partial charge < -0.3 is 5.11 Å². The van der Waals surface area contributed by atoms with E-state index in [0.29, 0.717) is 13.0 Å². The maximum atomic E-state index is 11.7. The number of imide groups is 1. The van der Waals surface area contributed by atoms with Crippen molar-refractivity contribution in [3.8, 4) is 0 Å². The normalized spacial score (nSPS) is 36.4. The van der Waals surface area contributed by atoms with E-state index in [2.05, 4.69) is 0 Å². The number of rotatable bonds is 1. The van der Waals surface area contributed by atoms with E-state index >= 15 is 0 Å². The molecular weight excluding hydrogens is 182 g/mol. The highest BCUT2D eigenvalue weighted by Crippen LogP contribution is 2.34. The molecule has 0 spiro atoms. The van der Waals surface area contributed by atoms with Gasteiger partial charge in [-0.3, -0.25) is 14.5 Å². The summed E-state index contributed by atoms with van der Waals surface area (Å²) in [7, 11) is 0. The second-order valence-electron chi connectivity index (χ2n) is 3.71. The van der Waals surface area contributed by atoms with Gasteiger partial charge in [0.25, 0.3) is 0 Å². The second-order valence-corrected chi connectivity index (χ2v) is 3.71. The van der Waals surface area contributed by atoms with Gasteiger partial charge in [-0.15, -0.1) is 0 Å². The van der Waals surface area contributed by atoms with Crippen molar-refractivity contribution in [2.24, 2.45) is 11.8 Å². The van der Waals surface area contributed by atoms with Gasteiger partial charge in [-0.2, -0.15) is 0 Å². The van der Waals surface area contributed by atoms with Crippen LogP contribution in [0.25, 0.3) is 0 Å². The lowest BCUT2D eigenvalue weighted by Crippen LogP contribution is -2.33. The first-order valence-electron chi connectivity index (χ1n) is 4.86. The van der Waals surface area contributed by atoms with Crippen LogP contribution in [-0.2, 0) is 9.59 Å². The van der Waals surface area contributed by atoms with Crippen molar-refractivity contribution >= 4 is 11.8 Å². The highest BCUT2D eigenvalue weighted by molar-refractivity contribution is 6.05. The summed E-state index contributed by atoms with van der Waals surface area (Å²) >= 11 is 0. The topological polar surface area (TPSA) is 57.6 Å². The summed E-state index contributed by atoms with van der Waals surface area (Å²) in [6.07, 6.45) is 3.16. The molecule has 0 unspecified atom stereocenters. The molecule has 1 N–H and O–H groups in total. The summed E-state index contributed by atoms with van der Waals surface area (Å²) in [5, 5.41) is 9.59. The van der Waals surface area contributed by atoms with Crippen molar-refractivity contribution in [1.29, 1.82) is 0 Å². The summed E-state index contributed by atoms with van der Waals surface area (Å²) in [6.45, 7) is 2.17. The highest BCUT2D eigenvalue weighted by Gasteiger charge is 2.50. The number of fused-ring (bicyclic) bond motifs is 1. The van der Waals surface area contributed by atoms with E-state index in [1.54, 1.807) is 19.1 Å². The molecule has 4 heteroatoms. The van der Waals surface area contributed by atoms with E-state index in [0.717, 1.165) is 0 Å².